The molecule has 1 atom stereocenters. The molecule has 1 saturated heterocycles. The lowest BCUT2D eigenvalue weighted by molar-refractivity contribution is 0.0768. The molecule has 5 nitrogen and oxygen atoms in total. The first-order valence-corrected chi connectivity index (χ1v) is 6.53. The van der Waals surface area contributed by atoms with E-state index in [-0.39, 0.29) is 17.8 Å². The second kappa shape index (κ2) is 5.67. The number of halogens is 2. The van der Waals surface area contributed by atoms with E-state index in [1.54, 1.807) is 23.1 Å². The lowest BCUT2D eigenvalue weighted by Gasteiger charge is -2.23. The molecule has 3 N–H and O–H groups in total. The van der Waals surface area contributed by atoms with Crippen molar-refractivity contribution < 1.29 is 10.0 Å². The smallest absolute Gasteiger partial charge is 0.254 e. The van der Waals surface area contributed by atoms with Gasteiger partial charge in [-0.25, -0.2) is 0 Å². The van der Waals surface area contributed by atoms with E-state index in [2.05, 4.69) is 5.16 Å². The Morgan fingerprint density at radius 2 is 2.00 bits per heavy atom. The summed E-state index contributed by atoms with van der Waals surface area (Å²) in [5, 5.41) is 12.5. The van der Waals surface area contributed by atoms with E-state index >= 15 is 0 Å². The van der Waals surface area contributed by atoms with Crippen molar-refractivity contribution in [3.63, 3.8) is 0 Å². The van der Waals surface area contributed by atoms with Crippen LogP contribution in [0.5, 0.6) is 0 Å². The average Bonchev–Trinajstić information content (AvgIpc) is 2.84. The molecule has 0 spiro atoms. The van der Waals surface area contributed by atoms with Gasteiger partial charge in [0.2, 0.25) is 0 Å². The Balaban J connectivity index is 2.28. The van der Waals surface area contributed by atoms with E-state index in [1.165, 1.54) is 0 Å². The molecule has 1 unspecified atom stereocenters. The fourth-order valence-electron chi connectivity index (χ4n) is 2.23. The predicted molar refractivity (Wildman–Crippen MR) is 73.9 cm³/mol. The molecule has 0 radical (unpaired) electrons. The van der Waals surface area contributed by atoms with Crippen molar-refractivity contribution in [3.05, 3.63) is 33.8 Å². The number of oxime groups is 1. The number of carbonyl (C=O) groups excluding carboxylic acids is 1. The molecule has 0 saturated carbocycles. The molecule has 0 aromatic heterocycles. The van der Waals surface area contributed by atoms with Crippen LogP contribution >= 0.6 is 23.2 Å². The summed E-state index contributed by atoms with van der Waals surface area (Å²) in [6.45, 7) is 0.559. The monoisotopic (exact) mass is 301 g/mol. The summed E-state index contributed by atoms with van der Waals surface area (Å²) >= 11 is 11.8. The maximum Gasteiger partial charge on any atom is 0.254 e. The van der Waals surface area contributed by atoms with Gasteiger partial charge in [-0.15, -0.1) is 0 Å². The van der Waals surface area contributed by atoms with E-state index in [0.717, 1.165) is 6.42 Å². The second-order valence-corrected chi connectivity index (χ2v) is 5.21. The zero-order chi connectivity index (χ0) is 14.0. The number of amidine groups is 1. The predicted octanol–water partition coefficient (Wildman–Crippen LogP) is 2.34. The van der Waals surface area contributed by atoms with Gasteiger partial charge in [0.15, 0.2) is 5.84 Å². The SMILES string of the molecule is NC(=NO)C1CCCN1C(=O)c1cc(Cl)cc(Cl)c1. The van der Waals surface area contributed by atoms with Crippen LogP contribution in [0.25, 0.3) is 0 Å². The summed E-state index contributed by atoms with van der Waals surface area (Å²) in [5.74, 6) is -0.183. The first-order chi connectivity index (χ1) is 9.02. The van der Waals surface area contributed by atoms with E-state index in [0.29, 0.717) is 28.6 Å². The Hall–Kier alpha value is -1.46. The van der Waals surface area contributed by atoms with Gasteiger partial charge in [0, 0.05) is 22.2 Å². The van der Waals surface area contributed by atoms with Crippen LogP contribution in [0.1, 0.15) is 23.2 Å². The highest BCUT2D eigenvalue weighted by molar-refractivity contribution is 6.35. The number of carbonyl (C=O) groups is 1. The van der Waals surface area contributed by atoms with Crippen LogP contribution in [0.4, 0.5) is 0 Å². The summed E-state index contributed by atoms with van der Waals surface area (Å²) in [4.78, 5) is 14.0. The first kappa shape index (κ1) is 14.0. The number of benzene rings is 1. The Morgan fingerprint density at radius 3 is 2.58 bits per heavy atom. The number of nitrogens with zero attached hydrogens (tertiary/aromatic N) is 2. The molecular weight excluding hydrogens is 289 g/mol. The molecule has 7 heteroatoms. The molecule has 1 aliphatic rings. The fraction of sp³-hybridized carbons (Fsp3) is 0.333. The zero-order valence-electron chi connectivity index (χ0n) is 10.0. The van der Waals surface area contributed by atoms with Crippen LogP contribution in [0.15, 0.2) is 23.4 Å². The van der Waals surface area contributed by atoms with E-state index < -0.39 is 0 Å². The third kappa shape index (κ3) is 2.93. The number of rotatable bonds is 2. The topological polar surface area (TPSA) is 78.9 Å². The van der Waals surface area contributed by atoms with E-state index in [9.17, 15) is 4.79 Å². The normalized spacial score (nSPS) is 19.8. The van der Waals surface area contributed by atoms with Crippen molar-refractivity contribution in [1.82, 2.24) is 4.90 Å². The molecule has 1 aromatic carbocycles. The zero-order valence-corrected chi connectivity index (χ0v) is 11.5. The molecule has 0 aliphatic carbocycles. The molecule has 1 aromatic rings. The van der Waals surface area contributed by atoms with Crippen LogP contribution in [0.3, 0.4) is 0 Å². The minimum absolute atomic E-state index is 0.0407. The van der Waals surface area contributed by atoms with Gasteiger partial charge >= 0.3 is 0 Å². The lowest BCUT2D eigenvalue weighted by atomic mass is 10.1. The largest absolute Gasteiger partial charge is 0.409 e. The van der Waals surface area contributed by atoms with Gasteiger partial charge < -0.3 is 15.8 Å². The molecule has 0 bridgehead atoms. The van der Waals surface area contributed by atoms with Gasteiger partial charge in [-0.05, 0) is 31.0 Å². The highest BCUT2D eigenvalue weighted by Crippen LogP contribution is 2.24. The quantitative estimate of drug-likeness (QED) is 0.381. The van der Waals surface area contributed by atoms with Crippen molar-refractivity contribution in [2.24, 2.45) is 10.9 Å². The maximum absolute atomic E-state index is 12.4. The van der Waals surface area contributed by atoms with Gasteiger partial charge in [-0.3, -0.25) is 4.79 Å². The third-order valence-corrected chi connectivity index (χ3v) is 3.52. The molecule has 2 rings (SSSR count). The molecule has 1 heterocycles. The Kier molecular flexibility index (Phi) is 4.17. The molecule has 1 amide bonds. The maximum atomic E-state index is 12.4. The van der Waals surface area contributed by atoms with Crippen LogP contribution in [0.2, 0.25) is 10.0 Å². The minimum atomic E-state index is -0.379. The van der Waals surface area contributed by atoms with Crippen LogP contribution < -0.4 is 5.73 Å². The van der Waals surface area contributed by atoms with Crippen LogP contribution in [0, 0.1) is 0 Å². The van der Waals surface area contributed by atoms with Gasteiger partial charge in [-0.1, -0.05) is 28.4 Å². The Labute approximate surface area is 120 Å². The second-order valence-electron chi connectivity index (χ2n) is 4.34. The van der Waals surface area contributed by atoms with Crippen molar-refractivity contribution in [1.29, 1.82) is 0 Å². The third-order valence-electron chi connectivity index (χ3n) is 3.08. The first-order valence-electron chi connectivity index (χ1n) is 5.77. The Bertz CT molecular complexity index is 513. The number of hydrogen-bond acceptors (Lipinski definition) is 3. The molecule has 1 fully saturated rings. The number of nitrogens with two attached hydrogens (primary N) is 1. The number of likely N-dealkylation sites (tertiary alicyclic amines) is 1. The van der Waals surface area contributed by atoms with Crippen molar-refractivity contribution in [2.45, 2.75) is 18.9 Å². The Morgan fingerprint density at radius 1 is 1.37 bits per heavy atom. The van der Waals surface area contributed by atoms with E-state index in [4.69, 9.17) is 34.1 Å². The van der Waals surface area contributed by atoms with E-state index in [1.807, 2.05) is 0 Å². The highest BCUT2D eigenvalue weighted by atomic mass is 35.5. The van der Waals surface area contributed by atoms with Gasteiger partial charge in [0.25, 0.3) is 5.91 Å². The van der Waals surface area contributed by atoms with Crippen molar-refractivity contribution in [2.75, 3.05) is 6.54 Å². The van der Waals surface area contributed by atoms with Crippen molar-refractivity contribution >= 4 is 34.9 Å². The molecule has 19 heavy (non-hydrogen) atoms. The summed E-state index contributed by atoms with van der Waals surface area (Å²) in [5.41, 5.74) is 6.00. The van der Waals surface area contributed by atoms with Gasteiger partial charge in [0.1, 0.15) is 0 Å². The lowest BCUT2D eigenvalue weighted by Crippen LogP contribution is -2.43. The molecule has 1 aliphatic heterocycles. The minimum Gasteiger partial charge on any atom is -0.409 e. The van der Waals surface area contributed by atoms with Crippen molar-refractivity contribution in [3.8, 4) is 0 Å². The van der Waals surface area contributed by atoms with Crippen LogP contribution in [-0.2, 0) is 0 Å². The van der Waals surface area contributed by atoms with Gasteiger partial charge in [0.05, 0.1) is 6.04 Å². The van der Waals surface area contributed by atoms with Gasteiger partial charge in [-0.2, -0.15) is 0 Å². The molecular formula is C12H13Cl2N3O2. The summed E-state index contributed by atoms with van der Waals surface area (Å²) < 4.78 is 0. The van der Waals surface area contributed by atoms with Crippen LogP contribution in [-0.4, -0.2) is 34.4 Å². The number of amides is 1. The number of hydrogen-bond donors (Lipinski definition) is 2. The standard InChI is InChI=1S/C12H13Cl2N3O2/c13-8-4-7(5-9(14)6-8)12(18)17-3-1-2-10(17)11(15)16-19/h4-6,10,19H,1-3H2,(H2,15,16). The molecule has 102 valence electrons. The summed E-state index contributed by atoms with van der Waals surface area (Å²) in [6, 6.07) is 4.29. The summed E-state index contributed by atoms with van der Waals surface area (Å²) in [6.07, 6.45) is 1.48. The fourth-order valence-corrected chi connectivity index (χ4v) is 2.75. The average molecular weight is 302 g/mol. The highest BCUT2D eigenvalue weighted by Gasteiger charge is 2.32. The summed E-state index contributed by atoms with van der Waals surface area (Å²) in [7, 11) is 0.